The smallest absolute Gasteiger partial charge is 0.275 e. The molecule has 2 aromatic rings. The van der Waals surface area contributed by atoms with Crippen LogP contribution in [0.15, 0.2) is 36.4 Å². The maximum Gasteiger partial charge on any atom is 0.275 e. The molecular weight excluding hydrogens is 272 g/mol. The zero-order chi connectivity index (χ0) is 14.7. The molecular formula is C12H9F2N3O3. The van der Waals surface area contributed by atoms with Gasteiger partial charge in [-0.05, 0) is 0 Å². The molecule has 0 aliphatic heterocycles. The summed E-state index contributed by atoms with van der Waals surface area (Å²) in [5.41, 5.74) is 2.20. The molecule has 0 amide bonds. The normalized spacial score (nSPS) is 10.2. The highest BCUT2D eigenvalue weighted by atomic mass is 19.1. The van der Waals surface area contributed by atoms with Gasteiger partial charge in [0.05, 0.1) is 16.7 Å². The van der Waals surface area contributed by atoms with Crippen molar-refractivity contribution in [2.45, 2.75) is 0 Å². The van der Waals surface area contributed by atoms with Crippen LogP contribution in [0.3, 0.4) is 0 Å². The maximum atomic E-state index is 13.0. The van der Waals surface area contributed by atoms with Gasteiger partial charge in [0.1, 0.15) is 23.1 Å². The molecule has 8 heteroatoms. The van der Waals surface area contributed by atoms with Gasteiger partial charge < -0.3 is 10.2 Å². The van der Waals surface area contributed by atoms with Crippen LogP contribution in [-0.2, 0) is 0 Å². The first-order valence-electron chi connectivity index (χ1n) is 5.38. The summed E-state index contributed by atoms with van der Waals surface area (Å²) in [5.74, 6) is 3.45. The van der Waals surface area contributed by atoms with Crippen molar-refractivity contribution in [3.63, 3.8) is 0 Å². The lowest BCUT2D eigenvalue weighted by atomic mass is 10.2. The summed E-state index contributed by atoms with van der Waals surface area (Å²) >= 11 is 0. The first-order valence-corrected chi connectivity index (χ1v) is 5.38. The Morgan fingerprint density at radius 1 is 1.05 bits per heavy atom. The Kier molecular flexibility index (Phi) is 3.76. The number of hydrogen-bond donors (Lipinski definition) is 2. The van der Waals surface area contributed by atoms with E-state index in [-0.39, 0.29) is 22.9 Å². The summed E-state index contributed by atoms with van der Waals surface area (Å²) in [7, 11) is 0. The maximum absolute atomic E-state index is 13.0. The van der Waals surface area contributed by atoms with E-state index in [1.165, 1.54) is 12.1 Å². The molecule has 0 atom stereocenters. The summed E-state index contributed by atoms with van der Waals surface area (Å²) in [6.07, 6.45) is 0. The van der Waals surface area contributed by atoms with Crippen LogP contribution in [0.5, 0.6) is 11.5 Å². The zero-order valence-electron chi connectivity index (χ0n) is 9.97. The highest BCUT2D eigenvalue weighted by Gasteiger charge is 2.11. The molecule has 6 nitrogen and oxygen atoms in total. The molecule has 0 saturated heterocycles. The third-order valence-electron chi connectivity index (χ3n) is 2.34. The number of nitrogens with two attached hydrogens (primary N) is 1. The minimum atomic E-state index is -0.817. The molecule has 0 radical (unpaired) electrons. The van der Waals surface area contributed by atoms with Crippen LogP contribution in [0.25, 0.3) is 0 Å². The van der Waals surface area contributed by atoms with E-state index in [1.807, 2.05) is 0 Å². The van der Waals surface area contributed by atoms with E-state index in [9.17, 15) is 18.9 Å². The topological polar surface area (TPSA) is 90.4 Å². The number of nitro benzene ring substituents is 1. The highest BCUT2D eigenvalue weighted by Crippen LogP contribution is 2.29. The van der Waals surface area contributed by atoms with Gasteiger partial charge in [0.25, 0.3) is 5.69 Å². The van der Waals surface area contributed by atoms with Crippen LogP contribution in [0.4, 0.5) is 20.2 Å². The molecule has 0 aliphatic rings. The standard InChI is InChI=1S/C12H9F2N3O3/c13-7-1-8(14)3-11(2-7)20-12-5-9(16-15)4-10(6-12)17(18)19/h1-6,16H,15H2. The Hall–Kier alpha value is -2.74. The molecule has 0 fully saturated rings. The van der Waals surface area contributed by atoms with Gasteiger partial charge in [0, 0.05) is 30.3 Å². The number of benzene rings is 2. The fourth-order valence-corrected chi connectivity index (χ4v) is 1.55. The third kappa shape index (κ3) is 3.18. The molecule has 0 saturated carbocycles. The van der Waals surface area contributed by atoms with E-state index >= 15 is 0 Å². The van der Waals surface area contributed by atoms with E-state index in [2.05, 4.69) is 5.43 Å². The number of rotatable bonds is 4. The van der Waals surface area contributed by atoms with Crippen LogP contribution in [0.1, 0.15) is 0 Å². The minimum absolute atomic E-state index is 0.0251. The average Bonchev–Trinajstić information content (AvgIpc) is 2.36. The SMILES string of the molecule is NNc1cc(Oc2cc(F)cc(F)c2)cc([N+](=O)[O-])c1. The molecule has 0 bridgehead atoms. The fraction of sp³-hybridized carbons (Fsp3) is 0. The quantitative estimate of drug-likeness (QED) is 0.511. The van der Waals surface area contributed by atoms with Crippen molar-refractivity contribution in [2.24, 2.45) is 5.84 Å². The molecule has 3 N–H and O–H groups in total. The van der Waals surface area contributed by atoms with Crippen LogP contribution < -0.4 is 16.0 Å². The van der Waals surface area contributed by atoms with Crippen molar-refractivity contribution in [3.05, 3.63) is 58.1 Å². The van der Waals surface area contributed by atoms with Gasteiger partial charge in [-0.1, -0.05) is 0 Å². The summed E-state index contributed by atoms with van der Waals surface area (Å²) in [6.45, 7) is 0. The average molecular weight is 281 g/mol. The van der Waals surface area contributed by atoms with Gasteiger partial charge in [-0.15, -0.1) is 0 Å². The van der Waals surface area contributed by atoms with Gasteiger partial charge in [-0.25, -0.2) is 8.78 Å². The molecule has 2 aromatic carbocycles. The van der Waals surface area contributed by atoms with Gasteiger partial charge >= 0.3 is 0 Å². The van der Waals surface area contributed by atoms with Crippen LogP contribution in [0, 0.1) is 21.7 Å². The van der Waals surface area contributed by atoms with E-state index in [0.29, 0.717) is 6.07 Å². The lowest BCUT2D eigenvalue weighted by molar-refractivity contribution is -0.384. The highest BCUT2D eigenvalue weighted by molar-refractivity contribution is 5.56. The second-order valence-corrected chi connectivity index (χ2v) is 3.82. The second-order valence-electron chi connectivity index (χ2n) is 3.82. The van der Waals surface area contributed by atoms with Crippen molar-refractivity contribution < 1.29 is 18.4 Å². The Bertz CT molecular complexity index is 644. The zero-order valence-corrected chi connectivity index (χ0v) is 9.97. The summed E-state index contributed by atoms with van der Waals surface area (Å²) < 4.78 is 31.2. The first-order chi connectivity index (χ1) is 9.47. The van der Waals surface area contributed by atoms with Crippen molar-refractivity contribution in [1.82, 2.24) is 0 Å². The molecule has 0 heterocycles. The van der Waals surface area contributed by atoms with Gasteiger partial charge in [0.15, 0.2) is 0 Å². The Morgan fingerprint density at radius 2 is 1.65 bits per heavy atom. The largest absolute Gasteiger partial charge is 0.457 e. The van der Waals surface area contributed by atoms with Gasteiger partial charge in [-0.3, -0.25) is 16.0 Å². The van der Waals surface area contributed by atoms with E-state index in [4.69, 9.17) is 10.6 Å². The van der Waals surface area contributed by atoms with Gasteiger partial charge in [-0.2, -0.15) is 0 Å². The Balaban J connectivity index is 2.37. The lowest BCUT2D eigenvalue weighted by Gasteiger charge is -2.08. The number of nitrogens with one attached hydrogen (secondary N) is 1. The number of hydrazine groups is 1. The van der Waals surface area contributed by atoms with Crippen LogP contribution >= 0.6 is 0 Å². The molecule has 2 rings (SSSR count). The lowest BCUT2D eigenvalue weighted by Crippen LogP contribution is -2.07. The van der Waals surface area contributed by atoms with Gasteiger partial charge in [0.2, 0.25) is 0 Å². The summed E-state index contributed by atoms with van der Waals surface area (Å²) in [5, 5.41) is 10.7. The number of anilines is 1. The third-order valence-corrected chi connectivity index (χ3v) is 2.34. The fourth-order valence-electron chi connectivity index (χ4n) is 1.55. The number of non-ortho nitro benzene ring substituents is 1. The monoisotopic (exact) mass is 281 g/mol. The molecule has 0 unspecified atom stereocenters. The predicted octanol–water partition coefficient (Wildman–Crippen LogP) is 2.95. The number of nitrogen functional groups attached to an aromatic ring is 1. The van der Waals surface area contributed by atoms with Crippen molar-refractivity contribution in [1.29, 1.82) is 0 Å². The van der Waals surface area contributed by atoms with E-state index in [1.54, 1.807) is 0 Å². The summed E-state index contributed by atoms with van der Waals surface area (Å²) in [4.78, 5) is 10.1. The predicted molar refractivity (Wildman–Crippen MR) is 67.3 cm³/mol. The number of halogens is 2. The number of nitrogens with zero attached hydrogens (tertiary/aromatic N) is 1. The molecule has 0 aliphatic carbocycles. The van der Waals surface area contributed by atoms with Crippen molar-refractivity contribution >= 4 is 11.4 Å². The Morgan fingerprint density at radius 3 is 2.20 bits per heavy atom. The number of ether oxygens (including phenoxy) is 1. The van der Waals surface area contributed by atoms with Crippen LogP contribution in [0.2, 0.25) is 0 Å². The molecule has 104 valence electrons. The van der Waals surface area contributed by atoms with Crippen molar-refractivity contribution in [3.8, 4) is 11.5 Å². The van der Waals surface area contributed by atoms with Crippen LogP contribution in [-0.4, -0.2) is 4.92 Å². The van der Waals surface area contributed by atoms with E-state index < -0.39 is 16.6 Å². The minimum Gasteiger partial charge on any atom is -0.457 e. The van der Waals surface area contributed by atoms with Crippen molar-refractivity contribution in [2.75, 3.05) is 5.43 Å². The second kappa shape index (κ2) is 5.49. The molecule has 0 aromatic heterocycles. The summed E-state index contributed by atoms with van der Waals surface area (Å²) in [6, 6.07) is 6.26. The van der Waals surface area contributed by atoms with E-state index in [0.717, 1.165) is 18.2 Å². The first kappa shape index (κ1) is 13.7. The Labute approximate surface area is 111 Å². The number of hydrogen-bond acceptors (Lipinski definition) is 5. The molecule has 0 spiro atoms. The number of nitro groups is 1. The molecule has 20 heavy (non-hydrogen) atoms.